The summed E-state index contributed by atoms with van der Waals surface area (Å²) in [7, 11) is 0. The molecule has 1 aromatic heterocycles. The SMILES string of the molecule is CCc1cc(=S)n(-c2cccc(C)c2)[nH]1. The number of hydrogen-bond acceptors (Lipinski definition) is 1. The number of nitrogens with zero attached hydrogens (tertiary/aromatic N) is 1. The molecule has 0 radical (unpaired) electrons. The third-order valence-corrected chi connectivity index (χ3v) is 2.71. The van der Waals surface area contributed by atoms with Crippen LogP contribution < -0.4 is 0 Å². The fraction of sp³-hybridized carbons (Fsp3) is 0.250. The molecule has 0 bridgehead atoms. The van der Waals surface area contributed by atoms with Crippen molar-refractivity contribution >= 4 is 12.2 Å². The van der Waals surface area contributed by atoms with Gasteiger partial charge in [-0.1, -0.05) is 31.3 Å². The van der Waals surface area contributed by atoms with Gasteiger partial charge in [0.15, 0.2) is 0 Å². The summed E-state index contributed by atoms with van der Waals surface area (Å²) in [6.07, 6.45) is 0.975. The number of aromatic nitrogens is 2. The zero-order valence-corrected chi connectivity index (χ0v) is 9.77. The molecule has 78 valence electrons. The van der Waals surface area contributed by atoms with Crippen LogP contribution in [0.4, 0.5) is 0 Å². The van der Waals surface area contributed by atoms with Gasteiger partial charge in [0.25, 0.3) is 0 Å². The van der Waals surface area contributed by atoms with E-state index in [0.29, 0.717) is 0 Å². The van der Waals surface area contributed by atoms with Crippen LogP contribution in [0.25, 0.3) is 5.69 Å². The average molecular weight is 218 g/mol. The first kappa shape index (κ1) is 10.2. The molecule has 15 heavy (non-hydrogen) atoms. The summed E-state index contributed by atoms with van der Waals surface area (Å²) in [5.74, 6) is 0. The van der Waals surface area contributed by atoms with E-state index in [2.05, 4.69) is 37.1 Å². The van der Waals surface area contributed by atoms with Gasteiger partial charge in [0, 0.05) is 5.69 Å². The topological polar surface area (TPSA) is 20.7 Å². The van der Waals surface area contributed by atoms with Crippen LogP contribution in [0, 0.1) is 11.6 Å². The van der Waals surface area contributed by atoms with Crippen LogP contribution in [0.15, 0.2) is 30.3 Å². The molecule has 0 aliphatic rings. The lowest BCUT2D eigenvalue weighted by Gasteiger charge is -2.03. The van der Waals surface area contributed by atoms with Gasteiger partial charge < -0.3 is 0 Å². The van der Waals surface area contributed by atoms with Crippen molar-refractivity contribution in [3.8, 4) is 5.69 Å². The smallest absolute Gasteiger partial charge is 0.127 e. The molecule has 2 nitrogen and oxygen atoms in total. The molecular weight excluding hydrogens is 204 g/mol. The zero-order chi connectivity index (χ0) is 10.8. The Morgan fingerprint density at radius 1 is 1.33 bits per heavy atom. The molecule has 0 fully saturated rings. The second kappa shape index (κ2) is 4.03. The van der Waals surface area contributed by atoms with Crippen LogP contribution >= 0.6 is 12.2 Å². The highest BCUT2D eigenvalue weighted by Gasteiger charge is 2.00. The fourth-order valence-corrected chi connectivity index (χ4v) is 1.88. The van der Waals surface area contributed by atoms with Crippen molar-refractivity contribution < 1.29 is 0 Å². The number of aromatic amines is 1. The van der Waals surface area contributed by atoms with Crippen LogP contribution in [0.2, 0.25) is 0 Å². The molecule has 2 aromatic rings. The van der Waals surface area contributed by atoms with Gasteiger partial charge in [-0.3, -0.25) is 5.10 Å². The second-order valence-corrected chi connectivity index (χ2v) is 4.07. The molecule has 0 aliphatic carbocycles. The lowest BCUT2D eigenvalue weighted by molar-refractivity contribution is 0.832. The van der Waals surface area contributed by atoms with Crippen molar-refractivity contribution in [2.24, 2.45) is 0 Å². The highest BCUT2D eigenvalue weighted by Crippen LogP contribution is 2.11. The van der Waals surface area contributed by atoms with Gasteiger partial charge in [0.05, 0.1) is 5.69 Å². The van der Waals surface area contributed by atoms with Gasteiger partial charge in [-0.15, -0.1) is 0 Å². The van der Waals surface area contributed by atoms with Gasteiger partial charge in [0.1, 0.15) is 4.64 Å². The van der Waals surface area contributed by atoms with Crippen molar-refractivity contribution in [1.29, 1.82) is 0 Å². The Hall–Kier alpha value is -1.35. The average Bonchev–Trinajstić information content (AvgIpc) is 2.60. The third-order valence-electron chi connectivity index (χ3n) is 2.41. The molecule has 0 spiro atoms. The summed E-state index contributed by atoms with van der Waals surface area (Å²) in [6, 6.07) is 10.3. The first-order valence-electron chi connectivity index (χ1n) is 5.08. The molecule has 0 saturated heterocycles. The minimum atomic E-state index is 0.831. The quantitative estimate of drug-likeness (QED) is 0.766. The monoisotopic (exact) mass is 218 g/mol. The lowest BCUT2D eigenvalue weighted by Crippen LogP contribution is -1.97. The summed E-state index contributed by atoms with van der Waals surface area (Å²) >= 11 is 5.30. The van der Waals surface area contributed by atoms with E-state index in [-0.39, 0.29) is 0 Å². The molecule has 0 amide bonds. The van der Waals surface area contributed by atoms with Crippen molar-refractivity contribution in [3.63, 3.8) is 0 Å². The van der Waals surface area contributed by atoms with E-state index in [9.17, 15) is 0 Å². The van der Waals surface area contributed by atoms with Crippen LogP contribution in [0.5, 0.6) is 0 Å². The maximum Gasteiger partial charge on any atom is 0.127 e. The van der Waals surface area contributed by atoms with Gasteiger partial charge in [0.2, 0.25) is 0 Å². The van der Waals surface area contributed by atoms with Crippen molar-refractivity contribution in [2.75, 3.05) is 0 Å². The van der Waals surface area contributed by atoms with Crippen molar-refractivity contribution in [1.82, 2.24) is 9.78 Å². The van der Waals surface area contributed by atoms with E-state index < -0.39 is 0 Å². The molecule has 0 unspecified atom stereocenters. The Morgan fingerprint density at radius 2 is 2.13 bits per heavy atom. The van der Waals surface area contributed by atoms with Crippen molar-refractivity contribution in [2.45, 2.75) is 20.3 Å². The van der Waals surface area contributed by atoms with E-state index in [1.54, 1.807) is 0 Å². The third kappa shape index (κ3) is 2.02. The Balaban J connectivity index is 2.54. The predicted octanol–water partition coefficient (Wildman–Crippen LogP) is 3.41. The number of hydrogen-bond donors (Lipinski definition) is 1. The molecule has 0 aliphatic heterocycles. The summed E-state index contributed by atoms with van der Waals surface area (Å²) in [6.45, 7) is 4.19. The van der Waals surface area contributed by atoms with E-state index in [1.807, 2.05) is 16.8 Å². The van der Waals surface area contributed by atoms with E-state index in [4.69, 9.17) is 12.2 Å². The highest BCUT2D eigenvalue weighted by molar-refractivity contribution is 7.71. The minimum Gasteiger partial charge on any atom is -0.297 e. The molecule has 0 saturated carbocycles. The molecule has 1 aromatic carbocycles. The highest BCUT2D eigenvalue weighted by atomic mass is 32.1. The molecule has 1 heterocycles. The summed E-state index contributed by atoms with van der Waals surface area (Å²) in [4.78, 5) is 0. The lowest BCUT2D eigenvalue weighted by atomic mass is 10.2. The van der Waals surface area contributed by atoms with Gasteiger partial charge in [-0.05, 0) is 37.1 Å². The molecule has 1 N–H and O–H groups in total. The number of nitrogens with one attached hydrogen (secondary N) is 1. The number of H-pyrrole nitrogens is 1. The molecule has 3 heteroatoms. The first-order valence-corrected chi connectivity index (χ1v) is 5.49. The fourth-order valence-electron chi connectivity index (χ4n) is 1.58. The standard InChI is InChI=1S/C12H14N2S/c1-3-10-8-12(15)14(13-10)11-6-4-5-9(2)7-11/h4-8,13H,3H2,1-2H3. The largest absolute Gasteiger partial charge is 0.297 e. The number of aryl methyl sites for hydroxylation is 2. The maximum absolute atomic E-state index is 5.30. The molecule has 2 rings (SSSR count). The Bertz CT molecular complexity index is 522. The number of rotatable bonds is 2. The van der Waals surface area contributed by atoms with Gasteiger partial charge in [-0.2, -0.15) is 0 Å². The second-order valence-electron chi connectivity index (χ2n) is 3.65. The van der Waals surface area contributed by atoms with Gasteiger partial charge >= 0.3 is 0 Å². The van der Waals surface area contributed by atoms with Crippen molar-refractivity contribution in [3.05, 3.63) is 46.2 Å². The van der Waals surface area contributed by atoms with E-state index in [0.717, 1.165) is 16.7 Å². The van der Waals surface area contributed by atoms with Crippen LogP contribution in [-0.4, -0.2) is 9.78 Å². The van der Waals surface area contributed by atoms with Crippen LogP contribution in [0.3, 0.4) is 0 Å². The Morgan fingerprint density at radius 3 is 2.73 bits per heavy atom. The summed E-state index contributed by atoms with van der Waals surface area (Å²) < 4.78 is 2.78. The molecular formula is C12H14N2S. The normalized spacial score (nSPS) is 10.5. The maximum atomic E-state index is 5.30. The van der Waals surface area contributed by atoms with E-state index >= 15 is 0 Å². The first-order chi connectivity index (χ1) is 7.20. The zero-order valence-electron chi connectivity index (χ0n) is 8.95. The molecule has 0 atom stereocenters. The van der Waals surface area contributed by atoms with Crippen LogP contribution in [-0.2, 0) is 6.42 Å². The van der Waals surface area contributed by atoms with E-state index in [1.165, 1.54) is 11.3 Å². The van der Waals surface area contributed by atoms with Gasteiger partial charge in [-0.25, -0.2) is 4.68 Å². The summed E-state index contributed by atoms with van der Waals surface area (Å²) in [5, 5.41) is 3.29. The minimum absolute atomic E-state index is 0.831. The predicted molar refractivity (Wildman–Crippen MR) is 65.1 cm³/mol. The van der Waals surface area contributed by atoms with Crippen LogP contribution in [0.1, 0.15) is 18.2 Å². The number of benzene rings is 1. The summed E-state index contributed by atoms with van der Waals surface area (Å²) in [5.41, 5.74) is 3.50. The Labute approximate surface area is 94.5 Å². The Kier molecular flexibility index (Phi) is 2.73.